The molecular weight excluding hydrogens is 393 g/mol. The molecular formula is C25H32FN3O2. The number of halogens is 1. The summed E-state index contributed by atoms with van der Waals surface area (Å²) in [4.78, 5) is 27.7. The number of amides is 2. The van der Waals surface area contributed by atoms with Crippen molar-refractivity contribution in [2.75, 3.05) is 18.4 Å². The maximum absolute atomic E-state index is 14.1. The van der Waals surface area contributed by atoms with Crippen molar-refractivity contribution in [2.45, 2.75) is 52.1 Å². The van der Waals surface area contributed by atoms with Crippen LogP contribution in [0.25, 0.3) is 0 Å². The van der Waals surface area contributed by atoms with E-state index < -0.39 is 17.8 Å². The molecule has 1 heterocycles. The minimum absolute atomic E-state index is 0.0308. The minimum Gasteiger partial charge on any atom is -0.380 e. The number of hydrogen-bond acceptors (Lipinski definition) is 3. The standard InChI is InChI=1S/C25H32FN3O2/c1-17(2)22(27-23(30)20-16-18(3)10-11-21(20)26)24(31)29-14-12-25(4,13-15-29)28-19-8-6-5-7-9-19/h5-11,16-17,22,28H,12-15H2,1-4H3,(H,27,30)/t22-/m1/s1. The van der Waals surface area contributed by atoms with Crippen LogP contribution in [0, 0.1) is 18.7 Å². The molecule has 2 aromatic rings. The van der Waals surface area contributed by atoms with E-state index >= 15 is 0 Å². The van der Waals surface area contributed by atoms with Gasteiger partial charge in [-0.1, -0.05) is 43.7 Å². The van der Waals surface area contributed by atoms with Crippen molar-refractivity contribution in [2.24, 2.45) is 5.92 Å². The number of nitrogens with zero attached hydrogens (tertiary/aromatic N) is 1. The van der Waals surface area contributed by atoms with Gasteiger partial charge in [-0.05, 0) is 56.9 Å². The molecule has 31 heavy (non-hydrogen) atoms. The number of benzene rings is 2. The number of likely N-dealkylation sites (tertiary alicyclic amines) is 1. The average molecular weight is 426 g/mol. The Bertz CT molecular complexity index is 922. The topological polar surface area (TPSA) is 61.4 Å². The first-order valence-electron chi connectivity index (χ1n) is 10.9. The van der Waals surface area contributed by atoms with E-state index in [2.05, 4.69) is 17.6 Å². The zero-order valence-corrected chi connectivity index (χ0v) is 18.7. The molecule has 0 spiro atoms. The quantitative estimate of drug-likeness (QED) is 0.722. The van der Waals surface area contributed by atoms with E-state index in [1.54, 1.807) is 13.0 Å². The third-order valence-corrected chi connectivity index (χ3v) is 5.98. The van der Waals surface area contributed by atoms with Crippen LogP contribution in [0.5, 0.6) is 0 Å². The van der Waals surface area contributed by atoms with Crippen LogP contribution in [0.1, 0.15) is 49.5 Å². The van der Waals surface area contributed by atoms with Crippen molar-refractivity contribution in [1.29, 1.82) is 0 Å². The largest absolute Gasteiger partial charge is 0.380 e. The van der Waals surface area contributed by atoms with E-state index in [1.165, 1.54) is 12.1 Å². The lowest BCUT2D eigenvalue weighted by molar-refractivity contribution is -0.135. The van der Waals surface area contributed by atoms with Gasteiger partial charge in [0, 0.05) is 24.3 Å². The van der Waals surface area contributed by atoms with Gasteiger partial charge < -0.3 is 15.5 Å². The first-order valence-corrected chi connectivity index (χ1v) is 10.9. The summed E-state index contributed by atoms with van der Waals surface area (Å²) in [6.07, 6.45) is 1.61. The molecule has 6 heteroatoms. The monoisotopic (exact) mass is 425 g/mol. The van der Waals surface area contributed by atoms with Gasteiger partial charge in [-0.2, -0.15) is 0 Å². The first-order chi connectivity index (χ1) is 14.7. The van der Waals surface area contributed by atoms with Gasteiger partial charge in [-0.3, -0.25) is 9.59 Å². The number of carbonyl (C=O) groups excluding carboxylic acids is 2. The Kier molecular flexibility index (Phi) is 6.98. The van der Waals surface area contributed by atoms with E-state index in [-0.39, 0.29) is 22.9 Å². The Balaban J connectivity index is 1.64. The van der Waals surface area contributed by atoms with Crippen LogP contribution in [-0.4, -0.2) is 41.4 Å². The highest BCUT2D eigenvalue weighted by Crippen LogP contribution is 2.27. The van der Waals surface area contributed by atoms with Gasteiger partial charge in [0.25, 0.3) is 5.91 Å². The van der Waals surface area contributed by atoms with Gasteiger partial charge in [0.15, 0.2) is 0 Å². The third kappa shape index (κ3) is 5.63. The smallest absolute Gasteiger partial charge is 0.254 e. The summed E-state index contributed by atoms with van der Waals surface area (Å²) < 4.78 is 14.1. The van der Waals surface area contributed by atoms with Crippen LogP contribution in [0.4, 0.5) is 10.1 Å². The number of para-hydroxylation sites is 1. The zero-order chi connectivity index (χ0) is 22.6. The summed E-state index contributed by atoms with van der Waals surface area (Å²) in [6.45, 7) is 8.96. The number of carbonyl (C=O) groups is 2. The van der Waals surface area contributed by atoms with E-state index in [0.29, 0.717) is 13.1 Å². The fourth-order valence-electron chi connectivity index (χ4n) is 3.96. The van der Waals surface area contributed by atoms with E-state index in [9.17, 15) is 14.0 Å². The molecule has 1 atom stereocenters. The summed E-state index contributed by atoms with van der Waals surface area (Å²) in [5, 5.41) is 6.36. The Morgan fingerprint density at radius 2 is 1.71 bits per heavy atom. The van der Waals surface area contributed by atoms with Gasteiger partial charge in [0.2, 0.25) is 5.91 Å². The van der Waals surface area contributed by atoms with Crippen molar-refractivity contribution >= 4 is 17.5 Å². The third-order valence-electron chi connectivity index (χ3n) is 5.98. The van der Waals surface area contributed by atoms with Crippen molar-refractivity contribution < 1.29 is 14.0 Å². The van der Waals surface area contributed by atoms with Crippen molar-refractivity contribution in [3.05, 3.63) is 65.5 Å². The predicted molar refractivity (Wildman–Crippen MR) is 122 cm³/mol. The molecule has 0 unspecified atom stereocenters. The molecule has 0 bridgehead atoms. The van der Waals surface area contributed by atoms with Crippen molar-refractivity contribution in [1.82, 2.24) is 10.2 Å². The predicted octanol–water partition coefficient (Wildman–Crippen LogP) is 4.38. The summed E-state index contributed by atoms with van der Waals surface area (Å²) in [6, 6.07) is 13.8. The Labute approximate surface area is 184 Å². The maximum Gasteiger partial charge on any atom is 0.254 e. The van der Waals surface area contributed by atoms with Gasteiger partial charge in [-0.25, -0.2) is 4.39 Å². The Hall–Kier alpha value is -2.89. The fourth-order valence-corrected chi connectivity index (χ4v) is 3.96. The molecule has 2 amide bonds. The van der Waals surface area contributed by atoms with Crippen LogP contribution in [0.2, 0.25) is 0 Å². The van der Waals surface area contributed by atoms with Crippen LogP contribution in [0.3, 0.4) is 0 Å². The lowest BCUT2D eigenvalue weighted by Crippen LogP contribution is -2.56. The lowest BCUT2D eigenvalue weighted by atomic mass is 9.88. The van der Waals surface area contributed by atoms with Gasteiger partial charge in [0.1, 0.15) is 11.9 Å². The number of rotatable bonds is 6. The van der Waals surface area contributed by atoms with E-state index in [4.69, 9.17) is 0 Å². The SMILES string of the molecule is Cc1ccc(F)c(C(=O)N[C@@H](C(=O)N2CCC(C)(Nc3ccccc3)CC2)C(C)C)c1. The van der Waals surface area contributed by atoms with Crippen molar-refractivity contribution in [3.8, 4) is 0 Å². The summed E-state index contributed by atoms with van der Waals surface area (Å²) in [5.41, 5.74) is 1.73. The van der Waals surface area contributed by atoms with E-state index in [1.807, 2.05) is 49.1 Å². The highest BCUT2D eigenvalue weighted by molar-refractivity contribution is 5.98. The molecule has 1 fully saturated rings. The number of hydrogen-bond donors (Lipinski definition) is 2. The number of aryl methyl sites for hydroxylation is 1. The molecule has 3 rings (SSSR count). The summed E-state index contributed by atoms with van der Waals surface area (Å²) >= 11 is 0. The van der Waals surface area contributed by atoms with Gasteiger partial charge in [0.05, 0.1) is 5.56 Å². The zero-order valence-electron chi connectivity index (χ0n) is 18.7. The van der Waals surface area contributed by atoms with E-state index in [0.717, 1.165) is 24.1 Å². The van der Waals surface area contributed by atoms with Gasteiger partial charge >= 0.3 is 0 Å². The number of anilines is 1. The van der Waals surface area contributed by atoms with Crippen LogP contribution < -0.4 is 10.6 Å². The normalized spacial score (nSPS) is 16.6. The summed E-state index contributed by atoms with van der Waals surface area (Å²) in [7, 11) is 0. The van der Waals surface area contributed by atoms with Crippen molar-refractivity contribution in [3.63, 3.8) is 0 Å². The molecule has 1 saturated heterocycles. The second-order valence-corrected chi connectivity index (χ2v) is 9.06. The molecule has 0 radical (unpaired) electrons. The molecule has 1 aliphatic heterocycles. The molecule has 5 nitrogen and oxygen atoms in total. The maximum atomic E-state index is 14.1. The summed E-state index contributed by atoms with van der Waals surface area (Å²) in [5.74, 6) is -1.36. The second kappa shape index (κ2) is 9.50. The molecule has 2 aromatic carbocycles. The van der Waals surface area contributed by atoms with Crippen LogP contribution in [-0.2, 0) is 4.79 Å². The highest BCUT2D eigenvalue weighted by Gasteiger charge is 2.35. The average Bonchev–Trinajstić information content (AvgIpc) is 2.74. The Morgan fingerprint density at radius 3 is 2.32 bits per heavy atom. The van der Waals surface area contributed by atoms with Gasteiger partial charge in [-0.15, -0.1) is 0 Å². The number of nitrogens with one attached hydrogen (secondary N) is 2. The first kappa shape index (κ1) is 22.8. The Morgan fingerprint density at radius 1 is 1.06 bits per heavy atom. The lowest BCUT2D eigenvalue weighted by Gasteiger charge is -2.42. The second-order valence-electron chi connectivity index (χ2n) is 9.06. The molecule has 166 valence electrons. The van der Waals surface area contributed by atoms with Crippen LogP contribution >= 0.6 is 0 Å². The number of piperidine rings is 1. The van der Waals surface area contributed by atoms with Crippen LogP contribution in [0.15, 0.2) is 48.5 Å². The molecule has 0 aliphatic carbocycles. The fraction of sp³-hybridized carbons (Fsp3) is 0.440. The highest BCUT2D eigenvalue weighted by atomic mass is 19.1. The molecule has 1 aliphatic rings. The molecule has 2 N–H and O–H groups in total. The molecule has 0 saturated carbocycles. The minimum atomic E-state index is -0.696. The molecule has 0 aromatic heterocycles.